The molecule has 1 fully saturated rings. The standard InChI is InChI=1S/C21H40N2O2/c1-3-4-5-6-7-8-9-10-11-12-13-14-15-20(24)21(25)23-18-16-22(2)17-19-23/h3-19H2,1-2H3. The van der Waals surface area contributed by atoms with E-state index in [-0.39, 0.29) is 11.7 Å². The minimum atomic E-state index is -0.254. The molecule has 0 N–H and O–H groups in total. The molecule has 0 radical (unpaired) electrons. The van der Waals surface area contributed by atoms with E-state index >= 15 is 0 Å². The molecular formula is C21H40N2O2. The lowest BCUT2D eigenvalue weighted by Crippen LogP contribution is -2.49. The van der Waals surface area contributed by atoms with Crippen LogP contribution in [0.3, 0.4) is 0 Å². The number of carbonyl (C=O) groups excluding carboxylic acids is 2. The summed E-state index contributed by atoms with van der Waals surface area (Å²) in [4.78, 5) is 28.0. The molecule has 0 aliphatic carbocycles. The molecule has 1 amide bonds. The van der Waals surface area contributed by atoms with Gasteiger partial charge in [-0.3, -0.25) is 9.59 Å². The first-order valence-electron chi connectivity index (χ1n) is 10.7. The second-order valence-electron chi connectivity index (χ2n) is 7.66. The van der Waals surface area contributed by atoms with Crippen molar-refractivity contribution < 1.29 is 9.59 Å². The number of rotatable bonds is 14. The van der Waals surface area contributed by atoms with E-state index in [9.17, 15) is 9.59 Å². The third-order valence-corrected chi connectivity index (χ3v) is 5.29. The number of nitrogens with zero attached hydrogens (tertiary/aromatic N) is 2. The summed E-state index contributed by atoms with van der Waals surface area (Å²) in [6.45, 7) is 5.39. The Morgan fingerprint density at radius 1 is 0.680 bits per heavy atom. The average molecular weight is 353 g/mol. The lowest BCUT2D eigenvalue weighted by molar-refractivity contribution is -0.145. The summed E-state index contributed by atoms with van der Waals surface area (Å²) in [5, 5.41) is 0. The Labute approximate surface area is 155 Å². The summed E-state index contributed by atoms with van der Waals surface area (Å²) in [6, 6.07) is 0. The molecule has 0 spiro atoms. The fraction of sp³-hybridized carbons (Fsp3) is 0.905. The minimum Gasteiger partial charge on any atom is -0.334 e. The lowest BCUT2D eigenvalue weighted by Gasteiger charge is -2.31. The van der Waals surface area contributed by atoms with Gasteiger partial charge in [-0.15, -0.1) is 0 Å². The van der Waals surface area contributed by atoms with Crippen LogP contribution < -0.4 is 0 Å². The number of piperazine rings is 1. The van der Waals surface area contributed by atoms with E-state index in [0.29, 0.717) is 19.5 Å². The number of hydrogen-bond acceptors (Lipinski definition) is 3. The maximum atomic E-state index is 12.1. The molecule has 0 aromatic carbocycles. The maximum absolute atomic E-state index is 12.1. The van der Waals surface area contributed by atoms with Crippen LogP contribution in [0.2, 0.25) is 0 Å². The van der Waals surface area contributed by atoms with Crippen molar-refractivity contribution in [1.82, 2.24) is 9.80 Å². The second kappa shape index (κ2) is 14.3. The summed E-state index contributed by atoms with van der Waals surface area (Å²) < 4.78 is 0. The van der Waals surface area contributed by atoms with E-state index in [1.807, 2.05) is 0 Å². The van der Waals surface area contributed by atoms with Crippen LogP contribution in [0, 0.1) is 0 Å². The molecule has 0 aromatic heterocycles. The molecule has 1 aliphatic rings. The molecule has 1 saturated heterocycles. The molecule has 0 bridgehead atoms. The van der Waals surface area contributed by atoms with E-state index in [2.05, 4.69) is 18.9 Å². The van der Waals surface area contributed by atoms with Gasteiger partial charge in [-0.2, -0.15) is 0 Å². The van der Waals surface area contributed by atoms with E-state index in [1.54, 1.807) is 4.90 Å². The Bertz CT molecular complexity index is 363. The van der Waals surface area contributed by atoms with E-state index < -0.39 is 0 Å². The van der Waals surface area contributed by atoms with Gasteiger partial charge in [-0.05, 0) is 13.5 Å². The largest absolute Gasteiger partial charge is 0.334 e. The van der Waals surface area contributed by atoms with Crippen LogP contribution in [0.1, 0.15) is 90.4 Å². The Kier molecular flexibility index (Phi) is 12.7. The van der Waals surface area contributed by atoms with Gasteiger partial charge < -0.3 is 9.80 Å². The molecule has 25 heavy (non-hydrogen) atoms. The molecule has 4 heteroatoms. The fourth-order valence-corrected chi connectivity index (χ4v) is 3.42. The number of Topliss-reactive ketones (excluding diaryl/α,β-unsaturated/α-hetero) is 1. The third-order valence-electron chi connectivity index (χ3n) is 5.29. The summed E-state index contributed by atoms with van der Waals surface area (Å²) in [7, 11) is 2.05. The van der Waals surface area contributed by atoms with Crippen molar-refractivity contribution in [3.63, 3.8) is 0 Å². The first-order valence-corrected chi connectivity index (χ1v) is 10.7. The average Bonchev–Trinajstić information content (AvgIpc) is 2.62. The smallest absolute Gasteiger partial charge is 0.290 e. The number of hydrogen-bond donors (Lipinski definition) is 0. The molecule has 1 rings (SSSR count). The highest BCUT2D eigenvalue weighted by atomic mass is 16.2. The predicted octanol–water partition coefficient (Wildman–Crippen LogP) is 4.42. The minimum absolute atomic E-state index is 0.184. The molecule has 146 valence electrons. The normalized spacial score (nSPS) is 15.5. The zero-order valence-electron chi connectivity index (χ0n) is 16.7. The van der Waals surface area contributed by atoms with Gasteiger partial charge in [0.1, 0.15) is 0 Å². The number of unbranched alkanes of at least 4 members (excludes halogenated alkanes) is 11. The van der Waals surface area contributed by atoms with Crippen LogP contribution >= 0.6 is 0 Å². The number of ketones is 1. The van der Waals surface area contributed by atoms with Gasteiger partial charge in [0, 0.05) is 32.6 Å². The first kappa shape index (κ1) is 22.1. The van der Waals surface area contributed by atoms with Gasteiger partial charge >= 0.3 is 0 Å². The van der Waals surface area contributed by atoms with Crippen LogP contribution in [0.25, 0.3) is 0 Å². The monoisotopic (exact) mass is 352 g/mol. The van der Waals surface area contributed by atoms with Crippen molar-refractivity contribution in [3.8, 4) is 0 Å². The van der Waals surface area contributed by atoms with Crippen molar-refractivity contribution in [2.75, 3.05) is 33.2 Å². The summed E-state index contributed by atoms with van der Waals surface area (Å²) >= 11 is 0. The zero-order valence-corrected chi connectivity index (χ0v) is 16.7. The van der Waals surface area contributed by atoms with E-state index in [1.165, 1.54) is 64.2 Å². The summed E-state index contributed by atoms with van der Waals surface area (Å²) in [5.74, 6) is -0.437. The Morgan fingerprint density at radius 2 is 1.12 bits per heavy atom. The Hall–Kier alpha value is -0.900. The molecular weight excluding hydrogens is 312 g/mol. The number of likely N-dealkylation sites (N-methyl/N-ethyl adjacent to an activating group) is 1. The van der Waals surface area contributed by atoms with Crippen molar-refractivity contribution >= 4 is 11.7 Å². The Balaban J connectivity index is 1.90. The topological polar surface area (TPSA) is 40.6 Å². The molecule has 0 saturated carbocycles. The fourth-order valence-electron chi connectivity index (χ4n) is 3.42. The van der Waals surface area contributed by atoms with Crippen LogP contribution in [0.4, 0.5) is 0 Å². The van der Waals surface area contributed by atoms with Crippen LogP contribution in [0.5, 0.6) is 0 Å². The lowest BCUT2D eigenvalue weighted by atomic mass is 10.0. The van der Waals surface area contributed by atoms with Crippen LogP contribution in [0.15, 0.2) is 0 Å². The van der Waals surface area contributed by atoms with Gasteiger partial charge in [0.2, 0.25) is 5.78 Å². The Morgan fingerprint density at radius 3 is 1.60 bits per heavy atom. The highest BCUT2D eigenvalue weighted by molar-refractivity contribution is 6.36. The SMILES string of the molecule is CCCCCCCCCCCCCCC(=O)C(=O)N1CCN(C)CC1. The van der Waals surface area contributed by atoms with Gasteiger partial charge in [0.05, 0.1) is 0 Å². The molecule has 4 nitrogen and oxygen atoms in total. The van der Waals surface area contributed by atoms with E-state index in [0.717, 1.165) is 25.9 Å². The van der Waals surface area contributed by atoms with Crippen molar-refractivity contribution in [1.29, 1.82) is 0 Å². The van der Waals surface area contributed by atoms with Gasteiger partial charge in [0.15, 0.2) is 0 Å². The second-order valence-corrected chi connectivity index (χ2v) is 7.66. The van der Waals surface area contributed by atoms with E-state index in [4.69, 9.17) is 0 Å². The van der Waals surface area contributed by atoms with Crippen LogP contribution in [-0.4, -0.2) is 54.7 Å². The van der Waals surface area contributed by atoms with Crippen molar-refractivity contribution in [3.05, 3.63) is 0 Å². The van der Waals surface area contributed by atoms with Crippen molar-refractivity contribution in [2.24, 2.45) is 0 Å². The highest BCUT2D eigenvalue weighted by Crippen LogP contribution is 2.13. The molecule has 0 atom stereocenters. The summed E-state index contributed by atoms with van der Waals surface area (Å²) in [5.41, 5.74) is 0. The summed E-state index contributed by atoms with van der Waals surface area (Å²) in [6.07, 6.45) is 15.8. The van der Waals surface area contributed by atoms with Crippen LogP contribution in [-0.2, 0) is 9.59 Å². The van der Waals surface area contributed by atoms with Gasteiger partial charge in [-0.1, -0.05) is 77.6 Å². The number of amides is 1. The molecule has 1 aliphatic heterocycles. The quantitative estimate of drug-likeness (QED) is 0.343. The molecule has 1 heterocycles. The molecule has 0 aromatic rings. The maximum Gasteiger partial charge on any atom is 0.290 e. The van der Waals surface area contributed by atoms with Gasteiger partial charge in [0.25, 0.3) is 5.91 Å². The first-order chi connectivity index (χ1) is 12.1. The highest BCUT2D eigenvalue weighted by Gasteiger charge is 2.23. The zero-order chi connectivity index (χ0) is 18.3. The van der Waals surface area contributed by atoms with Gasteiger partial charge in [-0.25, -0.2) is 0 Å². The molecule has 0 unspecified atom stereocenters. The van der Waals surface area contributed by atoms with Crippen molar-refractivity contribution in [2.45, 2.75) is 90.4 Å². The third kappa shape index (κ3) is 10.6. The number of carbonyl (C=O) groups is 2. The predicted molar refractivity (Wildman–Crippen MR) is 105 cm³/mol.